The Balaban J connectivity index is 1.42. The van der Waals surface area contributed by atoms with Gasteiger partial charge >= 0.3 is 0 Å². The molecule has 1 amide bonds. The molecule has 0 bridgehead atoms. The van der Waals surface area contributed by atoms with Crippen LogP contribution >= 0.6 is 11.6 Å². The molecule has 6 nitrogen and oxygen atoms in total. The van der Waals surface area contributed by atoms with Crippen molar-refractivity contribution in [2.75, 3.05) is 27.3 Å². The normalized spacial score (nSPS) is 28.0. The summed E-state index contributed by atoms with van der Waals surface area (Å²) in [5, 5.41) is 0.599. The van der Waals surface area contributed by atoms with Crippen LogP contribution < -0.4 is 9.47 Å². The Morgan fingerprint density at radius 3 is 2.73 bits per heavy atom. The van der Waals surface area contributed by atoms with E-state index in [1.807, 2.05) is 29.2 Å². The molecule has 0 saturated carbocycles. The zero-order chi connectivity index (χ0) is 20.9. The van der Waals surface area contributed by atoms with Gasteiger partial charge in [0.2, 0.25) is 5.91 Å². The highest BCUT2D eigenvalue weighted by Crippen LogP contribution is 2.51. The van der Waals surface area contributed by atoms with Gasteiger partial charge in [-0.05, 0) is 11.6 Å². The Morgan fingerprint density at radius 1 is 1.20 bits per heavy atom. The standard InChI is InChI=1S/C23H25ClN2O4/c1-28-18-11-17(24)10-16(22(18)29-2)13-25-9-8-23-20(25)12-21(27)26(23)14-19(30-23)15-6-4-3-5-7-15/h3-7,10-11,19-20H,8-9,12-14H2,1-2H3/t19-,20-,23+/m1/s1. The van der Waals surface area contributed by atoms with Gasteiger partial charge in [-0.3, -0.25) is 9.69 Å². The van der Waals surface area contributed by atoms with Gasteiger partial charge in [-0.15, -0.1) is 0 Å². The van der Waals surface area contributed by atoms with Crippen LogP contribution in [0.4, 0.5) is 0 Å². The summed E-state index contributed by atoms with van der Waals surface area (Å²) in [6.07, 6.45) is 1.19. The van der Waals surface area contributed by atoms with E-state index in [9.17, 15) is 4.79 Å². The minimum Gasteiger partial charge on any atom is -0.493 e. The van der Waals surface area contributed by atoms with E-state index >= 15 is 0 Å². The average molecular weight is 429 g/mol. The molecular weight excluding hydrogens is 404 g/mol. The second kappa shape index (κ2) is 7.45. The van der Waals surface area contributed by atoms with E-state index in [-0.39, 0.29) is 18.1 Å². The Bertz CT molecular complexity index is 969. The number of hydrogen-bond donors (Lipinski definition) is 0. The lowest BCUT2D eigenvalue weighted by Crippen LogP contribution is -2.47. The van der Waals surface area contributed by atoms with Crippen LogP contribution in [-0.2, 0) is 16.1 Å². The van der Waals surface area contributed by atoms with Crippen molar-refractivity contribution in [2.45, 2.75) is 37.3 Å². The van der Waals surface area contributed by atoms with Crippen LogP contribution in [0.2, 0.25) is 5.02 Å². The topological polar surface area (TPSA) is 51.2 Å². The second-order valence-corrected chi connectivity index (χ2v) is 8.54. The molecule has 0 aromatic heterocycles. The molecule has 3 atom stereocenters. The zero-order valence-corrected chi connectivity index (χ0v) is 17.9. The quantitative estimate of drug-likeness (QED) is 0.727. The summed E-state index contributed by atoms with van der Waals surface area (Å²) in [5.41, 5.74) is 1.52. The minimum absolute atomic E-state index is 0.00777. The molecule has 3 saturated heterocycles. The Hall–Kier alpha value is -2.28. The van der Waals surface area contributed by atoms with Gasteiger partial charge in [-0.1, -0.05) is 41.9 Å². The summed E-state index contributed by atoms with van der Waals surface area (Å²) < 4.78 is 17.7. The van der Waals surface area contributed by atoms with Gasteiger partial charge in [-0.25, -0.2) is 0 Å². The van der Waals surface area contributed by atoms with Gasteiger partial charge in [0.25, 0.3) is 0 Å². The maximum absolute atomic E-state index is 12.9. The first-order valence-electron chi connectivity index (χ1n) is 10.2. The van der Waals surface area contributed by atoms with Gasteiger partial charge in [0.05, 0.1) is 26.8 Å². The van der Waals surface area contributed by atoms with Crippen molar-refractivity contribution in [3.05, 3.63) is 58.6 Å². The highest BCUT2D eigenvalue weighted by molar-refractivity contribution is 6.30. The number of carbonyl (C=O) groups is 1. The lowest BCUT2D eigenvalue weighted by Gasteiger charge is -2.32. The minimum atomic E-state index is -0.548. The maximum atomic E-state index is 12.9. The molecule has 158 valence electrons. The molecule has 3 aliphatic heterocycles. The molecule has 30 heavy (non-hydrogen) atoms. The summed E-state index contributed by atoms with van der Waals surface area (Å²) in [5.74, 6) is 1.46. The molecular formula is C23H25ClN2O4. The lowest BCUT2D eigenvalue weighted by molar-refractivity contribution is -0.138. The Morgan fingerprint density at radius 2 is 2.00 bits per heavy atom. The van der Waals surface area contributed by atoms with Gasteiger partial charge < -0.3 is 19.1 Å². The zero-order valence-electron chi connectivity index (χ0n) is 17.1. The molecule has 7 heteroatoms. The summed E-state index contributed by atoms with van der Waals surface area (Å²) in [7, 11) is 3.23. The van der Waals surface area contributed by atoms with Gasteiger partial charge in [0.1, 0.15) is 6.10 Å². The number of amides is 1. The van der Waals surface area contributed by atoms with E-state index in [1.54, 1.807) is 20.3 Å². The Kier molecular flexibility index (Phi) is 4.88. The number of rotatable bonds is 5. The number of likely N-dealkylation sites (tertiary alicyclic amines) is 1. The first kappa shape index (κ1) is 19.7. The van der Waals surface area contributed by atoms with Crippen LogP contribution in [0.5, 0.6) is 11.5 Å². The molecule has 1 spiro atoms. The number of carbonyl (C=O) groups excluding carboxylic acids is 1. The van der Waals surface area contributed by atoms with Gasteiger partial charge in [0, 0.05) is 42.6 Å². The third-order valence-electron chi connectivity index (χ3n) is 6.60. The lowest BCUT2D eigenvalue weighted by atomic mass is 10.1. The van der Waals surface area contributed by atoms with Crippen molar-refractivity contribution in [1.82, 2.24) is 9.80 Å². The van der Waals surface area contributed by atoms with Gasteiger partial charge in [0.15, 0.2) is 17.2 Å². The number of ether oxygens (including phenoxy) is 3. The first-order valence-corrected chi connectivity index (χ1v) is 10.6. The number of hydrogen-bond acceptors (Lipinski definition) is 5. The van der Waals surface area contributed by atoms with Crippen LogP contribution in [-0.4, -0.2) is 54.8 Å². The van der Waals surface area contributed by atoms with Crippen LogP contribution in [0, 0.1) is 0 Å². The maximum Gasteiger partial charge on any atom is 0.226 e. The highest BCUT2D eigenvalue weighted by atomic mass is 35.5. The molecule has 2 aromatic rings. The fraction of sp³-hybridized carbons (Fsp3) is 0.435. The summed E-state index contributed by atoms with van der Waals surface area (Å²) >= 11 is 6.31. The van der Waals surface area contributed by atoms with E-state index in [2.05, 4.69) is 17.0 Å². The molecule has 0 N–H and O–H groups in total. The van der Waals surface area contributed by atoms with E-state index < -0.39 is 5.72 Å². The van der Waals surface area contributed by atoms with E-state index in [0.29, 0.717) is 36.0 Å². The van der Waals surface area contributed by atoms with Crippen molar-refractivity contribution in [3.8, 4) is 11.5 Å². The molecule has 2 aromatic carbocycles. The molecule has 3 aliphatic rings. The largest absolute Gasteiger partial charge is 0.493 e. The van der Waals surface area contributed by atoms with Crippen LogP contribution in [0.3, 0.4) is 0 Å². The number of benzene rings is 2. The molecule has 3 heterocycles. The summed E-state index contributed by atoms with van der Waals surface area (Å²) in [6, 6.07) is 13.8. The number of nitrogens with zero attached hydrogens (tertiary/aromatic N) is 2. The molecule has 0 unspecified atom stereocenters. The SMILES string of the molecule is COc1cc(Cl)cc(CN2CC[C@@]34O[C@@H](c5ccccc5)CN3C(=O)C[C@@H]24)c1OC. The molecule has 5 rings (SSSR count). The predicted molar refractivity (Wildman–Crippen MR) is 113 cm³/mol. The molecule has 0 radical (unpaired) electrons. The fourth-order valence-corrected chi connectivity index (χ4v) is 5.51. The smallest absolute Gasteiger partial charge is 0.226 e. The summed E-state index contributed by atoms with van der Waals surface area (Å²) in [6.45, 7) is 2.07. The average Bonchev–Trinajstić information content (AvgIpc) is 3.37. The third kappa shape index (κ3) is 2.97. The van der Waals surface area contributed by atoms with E-state index in [1.165, 1.54) is 0 Å². The van der Waals surface area contributed by atoms with Crippen molar-refractivity contribution >= 4 is 17.5 Å². The van der Waals surface area contributed by atoms with Gasteiger partial charge in [-0.2, -0.15) is 0 Å². The number of methoxy groups -OCH3 is 2. The van der Waals surface area contributed by atoms with Crippen molar-refractivity contribution in [3.63, 3.8) is 0 Å². The highest BCUT2D eigenvalue weighted by Gasteiger charge is 2.63. The Labute approximate surface area is 181 Å². The van der Waals surface area contributed by atoms with Crippen molar-refractivity contribution < 1.29 is 19.0 Å². The second-order valence-electron chi connectivity index (χ2n) is 8.11. The summed E-state index contributed by atoms with van der Waals surface area (Å²) in [4.78, 5) is 17.2. The third-order valence-corrected chi connectivity index (χ3v) is 6.82. The van der Waals surface area contributed by atoms with Crippen molar-refractivity contribution in [2.24, 2.45) is 0 Å². The van der Waals surface area contributed by atoms with E-state index in [0.717, 1.165) is 24.1 Å². The number of halogens is 1. The predicted octanol–water partition coefficient (Wildman–Crippen LogP) is 3.63. The molecule has 0 aliphatic carbocycles. The first-order chi connectivity index (χ1) is 14.6. The van der Waals surface area contributed by atoms with Crippen LogP contribution in [0.15, 0.2) is 42.5 Å². The van der Waals surface area contributed by atoms with E-state index in [4.69, 9.17) is 25.8 Å². The molecule has 3 fully saturated rings. The monoisotopic (exact) mass is 428 g/mol. The van der Waals surface area contributed by atoms with Crippen LogP contribution in [0.25, 0.3) is 0 Å². The van der Waals surface area contributed by atoms with Crippen molar-refractivity contribution in [1.29, 1.82) is 0 Å². The van der Waals surface area contributed by atoms with Crippen LogP contribution in [0.1, 0.15) is 30.1 Å². The fourth-order valence-electron chi connectivity index (χ4n) is 5.28.